The van der Waals surface area contributed by atoms with Gasteiger partial charge in [-0.3, -0.25) is 4.79 Å². The van der Waals surface area contributed by atoms with Crippen molar-refractivity contribution in [3.05, 3.63) is 0 Å². The average molecular weight is 268 g/mol. The van der Waals surface area contributed by atoms with Crippen LogP contribution in [0.2, 0.25) is 0 Å². The Hall–Kier alpha value is -0.610. The van der Waals surface area contributed by atoms with Crippen LogP contribution in [-0.4, -0.2) is 46.7 Å². The monoisotopic (exact) mass is 268 g/mol. The van der Waals surface area contributed by atoms with E-state index in [4.69, 9.17) is 0 Å². The van der Waals surface area contributed by atoms with E-state index in [0.717, 1.165) is 51.6 Å². The molecule has 0 aliphatic carbocycles. The SMILES string of the molecule is CCCC1(C(=O)N2CCCC(C)(O)CC2)CCCN1. The summed E-state index contributed by atoms with van der Waals surface area (Å²) in [6.07, 6.45) is 6.42. The Morgan fingerprint density at radius 3 is 2.68 bits per heavy atom. The fourth-order valence-corrected chi connectivity index (χ4v) is 3.50. The molecule has 0 aromatic rings. The molecule has 2 atom stereocenters. The molecule has 2 saturated heterocycles. The molecule has 2 aliphatic heterocycles. The Morgan fingerprint density at radius 1 is 1.26 bits per heavy atom. The molecule has 110 valence electrons. The van der Waals surface area contributed by atoms with Crippen LogP contribution in [0, 0.1) is 0 Å². The number of amides is 1. The molecular formula is C15H28N2O2. The molecule has 2 aliphatic rings. The third-order valence-electron chi connectivity index (χ3n) is 4.68. The van der Waals surface area contributed by atoms with Crippen molar-refractivity contribution in [2.24, 2.45) is 0 Å². The first-order valence-electron chi connectivity index (χ1n) is 7.76. The number of carbonyl (C=O) groups excluding carboxylic acids is 1. The van der Waals surface area contributed by atoms with Crippen molar-refractivity contribution in [3.63, 3.8) is 0 Å². The normalized spacial score (nSPS) is 36.3. The molecule has 2 fully saturated rings. The summed E-state index contributed by atoms with van der Waals surface area (Å²) in [5.74, 6) is 0.268. The zero-order valence-electron chi connectivity index (χ0n) is 12.4. The van der Waals surface area contributed by atoms with Crippen molar-refractivity contribution in [3.8, 4) is 0 Å². The van der Waals surface area contributed by atoms with Crippen molar-refractivity contribution < 1.29 is 9.90 Å². The van der Waals surface area contributed by atoms with E-state index in [1.165, 1.54) is 0 Å². The van der Waals surface area contributed by atoms with Gasteiger partial charge >= 0.3 is 0 Å². The zero-order chi connectivity index (χ0) is 13.9. The fourth-order valence-electron chi connectivity index (χ4n) is 3.50. The van der Waals surface area contributed by atoms with E-state index in [2.05, 4.69) is 12.2 Å². The summed E-state index contributed by atoms with van der Waals surface area (Å²) in [4.78, 5) is 14.8. The maximum atomic E-state index is 12.9. The minimum Gasteiger partial charge on any atom is -0.390 e. The Balaban J connectivity index is 2.05. The molecule has 2 rings (SSSR count). The minimum atomic E-state index is -0.601. The average Bonchev–Trinajstić information content (AvgIpc) is 2.75. The maximum absolute atomic E-state index is 12.9. The summed E-state index contributed by atoms with van der Waals surface area (Å²) in [5.41, 5.74) is -0.916. The maximum Gasteiger partial charge on any atom is 0.242 e. The van der Waals surface area contributed by atoms with Gasteiger partial charge in [-0.2, -0.15) is 0 Å². The van der Waals surface area contributed by atoms with Gasteiger partial charge in [0.2, 0.25) is 5.91 Å². The van der Waals surface area contributed by atoms with Gasteiger partial charge < -0.3 is 15.3 Å². The lowest BCUT2D eigenvalue weighted by Crippen LogP contribution is -2.55. The standard InChI is InChI=1S/C15H28N2O2/c1-3-6-15(8-4-10-16-15)13(18)17-11-5-7-14(2,19)9-12-17/h16,19H,3-12H2,1-2H3. The second kappa shape index (κ2) is 5.80. The highest BCUT2D eigenvalue weighted by molar-refractivity contribution is 5.86. The highest BCUT2D eigenvalue weighted by Crippen LogP contribution is 2.29. The third-order valence-corrected chi connectivity index (χ3v) is 4.68. The Labute approximate surface area is 116 Å². The molecule has 1 amide bonds. The van der Waals surface area contributed by atoms with Crippen molar-refractivity contribution in [2.45, 2.75) is 69.9 Å². The van der Waals surface area contributed by atoms with E-state index in [-0.39, 0.29) is 11.4 Å². The fraction of sp³-hybridized carbons (Fsp3) is 0.933. The van der Waals surface area contributed by atoms with Gasteiger partial charge in [-0.05, 0) is 52.0 Å². The molecule has 0 spiro atoms. The number of hydrogen-bond donors (Lipinski definition) is 2. The topological polar surface area (TPSA) is 52.6 Å². The lowest BCUT2D eigenvalue weighted by Gasteiger charge is -2.34. The van der Waals surface area contributed by atoms with Crippen molar-refractivity contribution in [1.29, 1.82) is 0 Å². The first-order chi connectivity index (χ1) is 8.99. The number of rotatable bonds is 3. The number of likely N-dealkylation sites (tertiary alicyclic amines) is 1. The van der Waals surface area contributed by atoms with Gasteiger partial charge in [0.15, 0.2) is 0 Å². The second-order valence-corrected chi connectivity index (χ2v) is 6.51. The van der Waals surface area contributed by atoms with Crippen molar-refractivity contribution in [2.75, 3.05) is 19.6 Å². The van der Waals surface area contributed by atoms with E-state index in [1.54, 1.807) is 0 Å². The molecular weight excluding hydrogens is 240 g/mol. The van der Waals surface area contributed by atoms with Crippen molar-refractivity contribution in [1.82, 2.24) is 10.2 Å². The number of nitrogens with zero attached hydrogens (tertiary/aromatic N) is 1. The lowest BCUT2D eigenvalue weighted by molar-refractivity contribution is -0.138. The third kappa shape index (κ3) is 3.29. The van der Waals surface area contributed by atoms with Gasteiger partial charge in [0, 0.05) is 13.1 Å². The lowest BCUT2D eigenvalue weighted by atomic mass is 9.90. The molecule has 4 heteroatoms. The molecule has 2 unspecified atom stereocenters. The van der Waals surface area contributed by atoms with Crippen LogP contribution in [-0.2, 0) is 4.79 Å². The minimum absolute atomic E-state index is 0.268. The molecule has 4 nitrogen and oxygen atoms in total. The summed E-state index contributed by atoms with van der Waals surface area (Å²) >= 11 is 0. The van der Waals surface area contributed by atoms with Crippen LogP contribution < -0.4 is 5.32 Å². The van der Waals surface area contributed by atoms with Gasteiger partial charge in [-0.1, -0.05) is 13.3 Å². The number of carbonyl (C=O) groups is 1. The van der Waals surface area contributed by atoms with E-state index < -0.39 is 5.60 Å². The Kier molecular flexibility index (Phi) is 4.51. The highest BCUT2D eigenvalue weighted by Gasteiger charge is 2.43. The second-order valence-electron chi connectivity index (χ2n) is 6.51. The van der Waals surface area contributed by atoms with Crippen LogP contribution in [0.3, 0.4) is 0 Å². The van der Waals surface area contributed by atoms with Crippen LogP contribution in [0.15, 0.2) is 0 Å². The van der Waals surface area contributed by atoms with E-state index in [1.807, 2.05) is 11.8 Å². The van der Waals surface area contributed by atoms with Crippen LogP contribution in [0.4, 0.5) is 0 Å². The van der Waals surface area contributed by atoms with E-state index in [9.17, 15) is 9.90 Å². The highest BCUT2D eigenvalue weighted by atomic mass is 16.3. The molecule has 0 aromatic heterocycles. The van der Waals surface area contributed by atoms with Gasteiger partial charge in [0.05, 0.1) is 11.1 Å². The largest absolute Gasteiger partial charge is 0.390 e. The summed E-state index contributed by atoms with van der Waals surface area (Å²) < 4.78 is 0. The van der Waals surface area contributed by atoms with Crippen LogP contribution in [0.25, 0.3) is 0 Å². The first kappa shape index (κ1) is 14.8. The van der Waals surface area contributed by atoms with Gasteiger partial charge in [-0.15, -0.1) is 0 Å². The molecule has 0 radical (unpaired) electrons. The molecule has 0 saturated carbocycles. The predicted molar refractivity (Wildman–Crippen MR) is 75.9 cm³/mol. The number of nitrogens with one attached hydrogen (secondary N) is 1. The molecule has 0 aromatic carbocycles. The van der Waals surface area contributed by atoms with Gasteiger partial charge in [-0.25, -0.2) is 0 Å². The van der Waals surface area contributed by atoms with Crippen LogP contribution >= 0.6 is 0 Å². The van der Waals surface area contributed by atoms with Gasteiger partial charge in [0.25, 0.3) is 0 Å². The van der Waals surface area contributed by atoms with Crippen molar-refractivity contribution >= 4 is 5.91 Å². The predicted octanol–water partition coefficient (Wildman–Crippen LogP) is 1.67. The van der Waals surface area contributed by atoms with Crippen LogP contribution in [0.5, 0.6) is 0 Å². The Morgan fingerprint density at radius 2 is 2.05 bits per heavy atom. The quantitative estimate of drug-likeness (QED) is 0.818. The van der Waals surface area contributed by atoms with E-state index >= 15 is 0 Å². The summed E-state index contributed by atoms with van der Waals surface area (Å²) in [7, 11) is 0. The first-order valence-corrected chi connectivity index (χ1v) is 7.76. The molecule has 2 heterocycles. The number of aliphatic hydroxyl groups is 1. The zero-order valence-corrected chi connectivity index (χ0v) is 12.4. The summed E-state index contributed by atoms with van der Waals surface area (Å²) in [6.45, 7) is 6.47. The number of hydrogen-bond acceptors (Lipinski definition) is 3. The Bertz CT molecular complexity index is 322. The van der Waals surface area contributed by atoms with Crippen LogP contribution in [0.1, 0.15) is 58.8 Å². The summed E-state index contributed by atoms with van der Waals surface area (Å²) in [6, 6.07) is 0. The summed E-state index contributed by atoms with van der Waals surface area (Å²) in [5, 5.41) is 13.6. The smallest absolute Gasteiger partial charge is 0.242 e. The van der Waals surface area contributed by atoms with Gasteiger partial charge in [0.1, 0.15) is 0 Å². The van der Waals surface area contributed by atoms with E-state index in [0.29, 0.717) is 13.0 Å². The molecule has 0 bridgehead atoms. The molecule has 19 heavy (non-hydrogen) atoms. The molecule has 2 N–H and O–H groups in total.